The Balaban J connectivity index is 2.01. The average Bonchev–Trinajstić information content (AvgIpc) is 2.92. The number of nitrogens with one attached hydrogen (secondary N) is 1. The second-order valence-corrected chi connectivity index (χ2v) is 5.15. The Hall–Kier alpha value is -1.67. The summed E-state index contributed by atoms with van der Waals surface area (Å²) < 4.78 is 42.7. The zero-order valence-electron chi connectivity index (χ0n) is 11.3. The summed E-state index contributed by atoms with van der Waals surface area (Å²) in [5, 5.41) is 8.68. The van der Waals surface area contributed by atoms with Gasteiger partial charge in [0.25, 0.3) is 0 Å². The van der Waals surface area contributed by atoms with Crippen molar-refractivity contribution in [3.63, 3.8) is 0 Å². The highest BCUT2D eigenvalue weighted by Crippen LogP contribution is 2.33. The third kappa shape index (κ3) is 4.40. The number of alkyl halides is 3. The Morgan fingerprint density at radius 3 is 2.52 bits per heavy atom. The van der Waals surface area contributed by atoms with Gasteiger partial charge in [0, 0.05) is 13.2 Å². The lowest BCUT2D eigenvalue weighted by molar-refractivity contribution is -0.138. The first-order chi connectivity index (χ1) is 10.0. The Bertz CT molecular complexity index is 586. The molecule has 1 heterocycles. The average molecular weight is 317 g/mol. The topological polar surface area (TPSA) is 47.0 Å². The number of hydrogen-bond acceptors (Lipinski definition) is 5. The Morgan fingerprint density at radius 2 is 1.90 bits per heavy atom. The van der Waals surface area contributed by atoms with E-state index < -0.39 is 11.2 Å². The van der Waals surface area contributed by atoms with Crippen LogP contribution in [0.25, 0.3) is 0 Å². The fourth-order valence-corrected chi connectivity index (χ4v) is 2.27. The molecule has 0 saturated carbocycles. The predicted molar refractivity (Wildman–Crippen MR) is 74.0 cm³/mol. The van der Waals surface area contributed by atoms with Gasteiger partial charge >= 0.3 is 6.18 Å². The number of ether oxygens (including phenoxy) is 1. The fourth-order valence-electron chi connectivity index (χ4n) is 1.66. The lowest BCUT2D eigenvalue weighted by Crippen LogP contribution is -2.04. The summed E-state index contributed by atoms with van der Waals surface area (Å²) in [4.78, 5) is 0. The van der Waals surface area contributed by atoms with Crippen LogP contribution in [0.4, 0.5) is 18.3 Å². The van der Waals surface area contributed by atoms with Gasteiger partial charge in [0.1, 0.15) is 0 Å². The molecule has 0 amide bonds. The van der Waals surface area contributed by atoms with Crippen LogP contribution < -0.4 is 5.32 Å². The maximum Gasteiger partial charge on any atom is 0.445 e. The molecule has 2 rings (SSSR count). The number of rotatable bonds is 6. The molecular formula is C13H14F3N3OS. The van der Waals surface area contributed by atoms with Gasteiger partial charge in [-0.1, -0.05) is 35.6 Å². The predicted octanol–water partition coefficient (Wildman–Crippen LogP) is 3.71. The molecule has 0 aliphatic heterocycles. The van der Waals surface area contributed by atoms with Crippen LogP contribution in [0.3, 0.4) is 0 Å². The van der Waals surface area contributed by atoms with Gasteiger partial charge in [-0.15, -0.1) is 10.2 Å². The van der Waals surface area contributed by atoms with Crippen LogP contribution in [0.1, 0.15) is 23.1 Å². The van der Waals surface area contributed by atoms with Gasteiger partial charge in [0.05, 0.1) is 6.61 Å². The number of benzene rings is 1. The smallest absolute Gasteiger partial charge is 0.377 e. The van der Waals surface area contributed by atoms with Crippen LogP contribution in [0.5, 0.6) is 0 Å². The lowest BCUT2D eigenvalue weighted by Gasteiger charge is -2.09. The molecule has 0 radical (unpaired) electrons. The molecule has 1 aromatic heterocycles. The number of hydrogen-bond donors (Lipinski definition) is 1. The second kappa shape index (κ2) is 6.86. The minimum absolute atomic E-state index is 0.147. The van der Waals surface area contributed by atoms with Crippen molar-refractivity contribution >= 4 is 16.5 Å². The number of aromatic nitrogens is 2. The highest BCUT2D eigenvalue weighted by molar-refractivity contribution is 7.15. The van der Waals surface area contributed by atoms with Crippen LogP contribution in [0.15, 0.2) is 24.3 Å². The summed E-state index contributed by atoms with van der Waals surface area (Å²) >= 11 is 0.493. The molecule has 0 aliphatic rings. The van der Waals surface area contributed by atoms with Crippen molar-refractivity contribution in [2.45, 2.75) is 26.3 Å². The molecule has 0 unspecified atom stereocenters. The van der Waals surface area contributed by atoms with Crippen molar-refractivity contribution in [1.29, 1.82) is 0 Å². The zero-order valence-corrected chi connectivity index (χ0v) is 12.1. The van der Waals surface area contributed by atoms with Gasteiger partial charge in [0.15, 0.2) is 0 Å². The zero-order chi connectivity index (χ0) is 15.3. The Labute approximate surface area is 124 Å². The first-order valence-corrected chi connectivity index (χ1v) is 7.11. The Kier molecular flexibility index (Phi) is 5.13. The maximum atomic E-state index is 12.4. The second-order valence-electron chi connectivity index (χ2n) is 4.17. The van der Waals surface area contributed by atoms with Crippen molar-refractivity contribution in [3.8, 4) is 0 Å². The minimum atomic E-state index is -4.45. The summed E-state index contributed by atoms with van der Waals surface area (Å²) in [6, 6.07) is 7.58. The van der Waals surface area contributed by atoms with Crippen LogP contribution in [-0.2, 0) is 24.1 Å². The molecule has 8 heteroatoms. The molecule has 1 aromatic carbocycles. The molecule has 0 atom stereocenters. The summed E-state index contributed by atoms with van der Waals surface area (Å²) in [6.07, 6.45) is -4.45. The molecule has 0 spiro atoms. The van der Waals surface area contributed by atoms with E-state index in [1.54, 1.807) is 0 Å². The third-order valence-electron chi connectivity index (χ3n) is 2.68. The van der Waals surface area contributed by atoms with Crippen LogP contribution in [0.2, 0.25) is 0 Å². The van der Waals surface area contributed by atoms with Crippen molar-refractivity contribution in [2.75, 3.05) is 11.9 Å². The van der Waals surface area contributed by atoms with E-state index in [1.807, 2.05) is 31.2 Å². The summed E-state index contributed by atoms with van der Waals surface area (Å²) in [7, 11) is 0. The quantitative estimate of drug-likeness (QED) is 0.882. The number of anilines is 1. The maximum absolute atomic E-state index is 12.4. The number of halogens is 3. The van der Waals surface area contributed by atoms with Crippen LogP contribution >= 0.6 is 11.3 Å². The molecule has 0 aliphatic carbocycles. The van der Waals surface area contributed by atoms with Gasteiger partial charge in [-0.25, -0.2) is 0 Å². The van der Waals surface area contributed by atoms with E-state index in [0.717, 1.165) is 11.1 Å². The van der Waals surface area contributed by atoms with Gasteiger partial charge in [-0.2, -0.15) is 13.2 Å². The molecule has 0 saturated heterocycles. The monoisotopic (exact) mass is 317 g/mol. The summed E-state index contributed by atoms with van der Waals surface area (Å²) in [5.41, 5.74) is 1.95. The molecule has 21 heavy (non-hydrogen) atoms. The van der Waals surface area contributed by atoms with Crippen molar-refractivity contribution in [1.82, 2.24) is 10.2 Å². The van der Waals surface area contributed by atoms with E-state index in [4.69, 9.17) is 4.74 Å². The van der Waals surface area contributed by atoms with E-state index >= 15 is 0 Å². The normalized spacial score (nSPS) is 11.6. The molecular weight excluding hydrogens is 303 g/mol. The van der Waals surface area contributed by atoms with Gasteiger partial charge in [0.2, 0.25) is 10.1 Å². The first-order valence-electron chi connectivity index (χ1n) is 6.29. The Morgan fingerprint density at radius 1 is 1.19 bits per heavy atom. The molecule has 1 N–H and O–H groups in total. The standard InChI is InChI=1S/C13H14F3N3OS/c1-2-20-8-10-6-4-3-5-9(10)7-17-12-19-18-11(21-12)13(14,15)16/h3-6H,2,7-8H2,1H3,(H,17,19). The van der Waals surface area contributed by atoms with E-state index in [0.29, 0.717) is 31.1 Å². The molecule has 0 fully saturated rings. The minimum Gasteiger partial charge on any atom is -0.377 e. The SMILES string of the molecule is CCOCc1ccccc1CNc1nnc(C(F)(F)F)s1. The molecule has 2 aromatic rings. The first kappa shape index (κ1) is 15.7. The fraction of sp³-hybridized carbons (Fsp3) is 0.385. The van der Waals surface area contributed by atoms with Gasteiger partial charge in [-0.05, 0) is 18.1 Å². The highest BCUT2D eigenvalue weighted by Gasteiger charge is 2.35. The summed E-state index contributed by atoms with van der Waals surface area (Å²) in [6.45, 7) is 3.35. The van der Waals surface area contributed by atoms with Crippen molar-refractivity contribution in [2.24, 2.45) is 0 Å². The van der Waals surface area contributed by atoms with Crippen molar-refractivity contribution in [3.05, 3.63) is 40.4 Å². The lowest BCUT2D eigenvalue weighted by atomic mass is 10.1. The van der Waals surface area contributed by atoms with E-state index in [9.17, 15) is 13.2 Å². The third-order valence-corrected chi connectivity index (χ3v) is 3.60. The number of nitrogens with zero attached hydrogens (tertiary/aromatic N) is 2. The summed E-state index contributed by atoms with van der Waals surface area (Å²) in [5.74, 6) is 0. The largest absolute Gasteiger partial charge is 0.445 e. The highest BCUT2D eigenvalue weighted by atomic mass is 32.1. The van der Waals surface area contributed by atoms with E-state index in [-0.39, 0.29) is 5.13 Å². The van der Waals surface area contributed by atoms with Gasteiger partial charge in [-0.3, -0.25) is 0 Å². The molecule has 4 nitrogen and oxygen atoms in total. The van der Waals surface area contributed by atoms with Gasteiger partial charge < -0.3 is 10.1 Å². The van der Waals surface area contributed by atoms with Crippen LogP contribution in [0, 0.1) is 0 Å². The van der Waals surface area contributed by atoms with Crippen LogP contribution in [-0.4, -0.2) is 16.8 Å². The van der Waals surface area contributed by atoms with E-state index in [2.05, 4.69) is 15.5 Å². The molecule has 0 bridgehead atoms. The van der Waals surface area contributed by atoms with Crippen molar-refractivity contribution < 1.29 is 17.9 Å². The molecule has 114 valence electrons. The van der Waals surface area contributed by atoms with E-state index in [1.165, 1.54) is 0 Å².